The number of carbonyl (C=O) groups is 3. The third-order valence-corrected chi connectivity index (χ3v) is 5.62. The maximum Gasteiger partial charge on any atom is 0.341 e. The molecule has 3 rings (SSSR count). The van der Waals surface area contributed by atoms with Crippen LogP contribution in [0.2, 0.25) is 0 Å². The van der Waals surface area contributed by atoms with Gasteiger partial charge in [0.1, 0.15) is 5.00 Å². The largest absolute Gasteiger partial charge is 0.465 e. The van der Waals surface area contributed by atoms with Gasteiger partial charge in [0.15, 0.2) is 0 Å². The summed E-state index contributed by atoms with van der Waals surface area (Å²) in [5, 5.41) is 6.38. The molecule has 1 aliphatic rings. The number of nitrogens with one attached hydrogen (secondary N) is 2. The molecule has 1 heterocycles. The molecule has 0 aliphatic heterocycles. The first-order chi connectivity index (χ1) is 13.5. The molecule has 0 fully saturated rings. The van der Waals surface area contributed by atoms with Crippen molar-refractivity contribution in [2.75, 3.05) is 30.9 Å². The number of methoxy groups -OCH3 is 1. The number of hydrogen-bond acceptors (Lipinski definition) is 7. The van der Waals surface area contributed by atoms with Crippen LogP contribution < -0.4 is 10.6 Å². The monoisotopic (exact) mass is 402 g/mol. The van der Waals surface area contributed by atoms with E-state index in [1.807, 2.05) is 0 Å². The average molecular weight is 402 g/mol. The summed E-state index contributed by atoms with van der Waals surface area (Å²) in [6, 6.07) is 6.63. The van der Waals surface area contributed by atoms with Gasteiger partial charge < -0.3 is 20.1 Å². The lowest BCUT2D eigenvalue weighted by Crippen LogP contribution is -2.22. The maximum absolute atomic E-state index is 12.4. The van der Waals surface area contributed by atoms with E-state index in [9.17, 15) is 14.4 Å². The van der Waals surface area contributed by atoms with Crippen LogP contribution in [0.5, 0.6) is 0 Å². The predicted octanol–water partition coefficient (Wildman–Crippen LogP) is 3.25. The van der Waals surface area contributed by atoms with Gasteiger partial charge in [-0.1, -0.05) is 0 Å². The summed E-state index contributed by atoms with van der Waals surface area (Å²) in [6.07, 6.45) is 2.78. The number of benzene rings is 1. The van der Waals surface area contributed by atoms with Crippen molar-refractivity contribution in [3.05, 3.63) is 45.8 Å². The molecule has 7 nitrogen and oxygen atoms in total. The molecule has 148 valence electrons. The molecule has 0 bridgehead atoms. The Labute approximate surface area is 167 Å². The van der Waals surface area contributed by atoms with Crippen molar-refractivity contribution in [1.29, 1.82) is 0 Å². The summed E-state index contributed by atoms with van der Waals surface area (Å²) >= 11 is 1.45. The molecule has 1 aromatic heterocycles. The topological polar surface area (TPSA) is 93.7 Å². The Kier molecular flexibility index (Phi) is 6.30. The zero-order chi connectivity index (χ0) is 20.1. The van der Waals surface area contributed by atoms with Crippen molar-refractivity contribution in [3.8, 4) is 0 Å². The second kappa shape index (κ2) is 8.88. The highest BCUT2D eigenvalue weighted by atomic mass is 32.1. The van der Waals surface area contributed by atoms with E-state index in [0.717, 1.165) is 29.7 Å². The van der Waals surface area contributed by atoms with Gasteiger partial charge in [-0.25, -0.2) is 9.59 Å². The smallest absolute Gasteiger partial charge is 0.341 e. The molecule has 0 saturated heterocycles. The fourth-order valence-corrected chi connectivity index (χ4v) is 4.40. The number of anilines is 2. The van der Waals surface area contributed by atoms with Crippen molar-refractivity contribution >= 4 is 39.9 Å². The van der Waals surface area contributed by atoms with Crippen molar-refractivity contribution < 1.29 is 23.9 Å². The minimum absolute atomic E-state index is 0.0302. The Balaban J connectivity index is 1.64. The second-order valence-electron chi connectivity index (χ2n) is 6.25. The quantitative estimate of drug-likeness (QED) is 0.691. The van der Waals surface area contributed by atoms with E-state index in [1.54, 1.807) is 31.2 Å². The predicted molar refractivity (Wildman–Crippen MR) is 107 cm³/mol. The second-order valence-corrected chi connectivity index (χ2v) is 7.36. The number of fused-ring (bicyclic) bond motifs is 1. The number of amides is 1. The number of aryl methyl sites for hydroxylation is 1. The molecule has 1 amide bonds. The number of carbonyl (C=O) groups excluding carboxylic acids is 3. The zero-order valence-electron chi connectivity index (χ0n) is 15.8. The fourth-order valence-electron chi connectivity index (χ4n) is 3.11. The number of ether oxygens (including phenoxy) is 2. The van der Waals surface area contributed by atoms with E-state index in [4.69, 9.17) is 4.74 Å². The van der Waals surface area contributed by atoms with Crippen LogP contribution >= 0.6 is 11.3 Å². The van der Waals surface area contributed by atoms with Crippen LogP contribution in [0.15, 0.2) is 24.3 Å². The van der Waals surface area contributed by atoms with E-state index in [-0.39, 0.29) is 18.4 Å². The Bertz CT molecular complexity index is 889. The Hall–Kier alpha value is -2.87. The van der Waals surface area contributed by atoms with E-state index in [0.29, 0.717) is 28.4 Å². The molecular formula is C20H22N2O5S. The van der Waals surface area contributed by atoms with E-state index >= 15 is 0 Å². The molecule has 8 heteroatoms. The van der Waals surface area contributed by atoms with Crippen LogP contribution in [0, 0.1) is 0 Å². The van der Waals surface area contributed by atoms with Gasteiger partial charge in [0.25, 0.3) is 0 Å². The molecular weight excluding hydrogens is 380 g/mol. The maximum atomic E-state index is 12.4. The molecule has 0 unspecified atom stereocenters. The first kappa shape index (κ1) is 19.9. The van der Waals surface area contributed by atoms with Gasteiger partial charge in [-0.2, -0.15) is 0 Å². The van der Waals surface area contributed by atoms with Crippen LogP contribution in [0.1, 0.15) is 44.5 Å². The average Bonchev–Trinajstić information content (AvgIpc) is 3.27. The highest BCUT2D eigenvalue weighted by Gasteiger charge is 2.28. The summed E-state index contributed by atoms with van der Waals surface area (Å²) in [5.41, 5.74) is 2.63. The van der Waals surface area contributed by atoms with E-state index in [2.05, 4.69) is 15.4 Å². The summed E-state index contributed by atoms with van der Waals surface area (Å²) in [7, 11) is 1.32. The van der Waals surface area contributed by atoms with Gasteiger partial charge in [0, 0.05) is 10.6 Å². The lowest BCUT2D eigenvalue weighted by atomic mass is 10.1. The minimum Gasteiger partial charge on any atom is -0.465 e. The van der Waals surface area contributed by atoms with Crippen LogP contribution in [-0.4, -0.2) is 38.1 Å². The fraction of sp³-hybridized carbons (Fsp3) is 0.350. The Morgan fingerprint density at radius 3 is 2.54 bits per heavy atom. The van der Waals surface area contributed by atoms with Crippen molar-refractivity contribution in [1.82, 2.24) is 0 Å². The van der Waals surface area contributed by atoms with Gasteiger partial charge in [-0.3, -0.25) is 4.79 Å². The lowest BCUT2D eigenvalue weighted by molar-refractivity contribution is -0.114. The molecule has 2 aromatic rings. The highest BCUT2D eigenvalue weighted by Crippen LogP contribution is 2.39. The Morgan fingerprint density at radius 1 is 1.11 bits per heavy atom. The van der Waals surface area contributed by atoms with Gasteiger partial charge in [0.05, 0.1) is 31.4 Å². The third kappa shape index (κ3) is 4.33. The molecule has 0 radical (unpaired) electrons. The van der Waals surface area contributed by atoms with E-state index in [1.165, 1.54) is 18.4 Å². The van der Waals surface area contributed by atoms with Gasteiger partial charge >= 0.3 is 11.9 Å². The molecule has 1 aromatic carbocycles. The molecule has 0 atom stereocenters. The Morgan fingerprint density at radius 2 is 1.86 bits per heavy atom. The standard InChI is InChI=1S/C20H22N2O5S/c1-3-27-20(25)17-14-5-4-6-15(14)28-18(17)22-16(23)11-21-13-9-7-12(8-10-13)19(24)26-2/h7-10,21H,3-6,11H2,1-2H3,(H,22,23). The van der Waals surface area contributed by atoms with Crippen molar-refractivity contribution in [3.63, 3.8) is 0 Å². The van der Waals surface area contributed by atoms with Crippen LogP contribution in [0.4, 0.5) is 10.7 Å². The minimum atomic E-state index is -0.415. The van der Waals surface area contributed by atoms with Gasteiger partial charge in [-0.15, -0.1) is 11.3 Å². The summed E-state index contributed by atoms with van der Waals surface area (Å²) in [6.45, 7) is 2.08. The molecule has 2 N–H and O–H groups in total. The number of rotatable bonds is 7. The van der Waals surface area contributed by atoms with Crippen LogP contribution in [0.3, 0.4) is 0 Å². The molecule has 28 heavy (non-hydrogen) atoms. The molecule has 0 spiro atoms. The van der Waals surface area contributed by atoms with Crippen LogP contribution in [-0.2, 0) is 27.1 Å². The van der Waals surface area contributed by atoms with Crippen LogP contribution in [0.25, 0.3) is 0 Å². The molecule has 1 aliphatic carbocycles. The zero-order valence-corrected chi connectivity index (χ0v) is 16.6. The number of esters is 2. The lowest BCUT2D eigenvalue weighted by Gasteiger charge is -2.09. The van der Waals surface area contributed by atoms with E-state index < -0.39 is 5.97 Å². The summed E-state index contributed by atoms with van der Waals surface area (Å²) in [4.78, 5) is 37.3. The SMILES string of the molecule is CCOC(=O)c1c(NC(=O)CNc2ccc(C(=O)OC)cc2)sc2c1CCC2. The first-order valence-corrected chi connectivity index (χ1v) is 9.88. The molecule has 0 saturated carbocycles. The summed E-state index contributed by atoms with van der Waals surface area (Å²) in [5.74, 6) is -1.06. The highest BCUT2D eigenvalue weighted by molar-refractivity contribution is 7.17. The summed E-state index contributed by atoms with van der Waals surface area (Å²) < 4.78 is 9.82. The van der Waals surface area contributed by atoms with Gasteiger partial charge in [0.2, 0.25) is 5.91 Å². The number of hydrogen-bond donors (Lipinski definition) is 2. The van der Waals surface area contributed by atoms with Gasteiger partial charge in [-0.05, 0) is 56.0 Å². The van der Waals surface area contributed by atoms with Crippen molar-refractivity contribution in [2.45, 2.75) is 26.2 Å². The third-order valence-electron chi connectivity index (χ3n) is 4.41. The first-order valence-electron chi connectivity index (χ1n) is 9.07. The van der Waals surface area contributed by atoms with Crippen molar-refractivity contribution in [2.24, 2.45) is 0 Å². The normalized spacial score (nSPS) is 12.2. The number of thiophene rings is 1.